The van der Waals surface area contributed by atoms with Crippen molar-refractivity contribution in [3.05, 3.63) is 58.9 Å². The van der Waals surface area contributed by atoms with Gasteiger partial charge in [0.15, 0.2) is 0 Å². The second-order valence-electron chi connectivity index (χ2n) is 4.24. The van der Waals surface area contributed by atoms with E-state index >= 15 is 0 Å². The van der Waals surface area contributed by atoms with Crippen molar-refractivity contribution in [1.29, 1.82) is 0 Å². The number of nitrogens with two attached hydrogens (primary N) is 1. The van der Waals surface area contributed by atoms with Gasteiger partial charge in [-0.2, -0.15) is 0 Å². The zero-order valence-electron chi connectivity index (χ0n) is 11.0. The van der Waals surface area contributed by atoms with Crippen LogP contribution < -0.4 is 10.1 Å². The summed E-state index contributed by atoms with van der Waals surface area (Å²) in [4.78, 5) is 4.01. The Kier molecular flexibility index (Phi) is 5.19. The van der Waals surface area contributed by atoms with Crippen LogP contribution in [0.5, 0.6) is 5.75 Å². The number of quaternary nitrogens is 1. The standard InChI is InChI=1S/C15H17ClN2O/c1-2-19-15-4-3-14(16)9-13(15)11-18-10-12-5-7-17-8-6-12/h3-9,18H,2,10-11H2,1H3/p+1. The molecular weight excluding hydrogens is 260 g/mol. The highest BCUT2D eigenvalue weighted by molar-refractivity contribution is 6.30. The quantitative estimate of drug-likeness (QED) is 0.881. The number of hydrogen-bond donors (Lipinski definition) is 1. The number of nitrogens with zero attached hydrogens (tertiary/aromatic N) is 1. The third-order valence-electron chi connectivity index (χ3n) is 2.82. The predicted molar refractivity (Wildman–Crippen MR) is 76.2 cm³/mol. The van der Waals surface area contributed by atoms with Crippen molar-refractivity contribution >= 4 is 11.6 Å². The number of pyridine rings is 1. The van der Waals surface area contributed by atoms with Gasteiger partial charge in [-0.15, -0.1) is 0 Å². The summed E-state index contributed by atoms with van der Waals surface area (Å²) in [6.07, 6.45) is 3.63. The van der Waals surface area contributed by atoms with Crippen molar-refractivity contribution in [2.75, 3.05) is 6.61 Å². The molecular formula is C15H18ClN2O+. The monoisotopic (exact) mass is 277 g/mol. The Morgan fingerprint density at radius 1 is 1.16 bits per heavy atom. The van der Waals surface area contributed by atoms with E-state index in [1.807, 2.05) is 49.6 Å². The van der Waals surface area contributed by atoms with Crippen LogP contribution in [0.1, 0.15) is 18.1 Å². The first-order valence-corrected chi connectivity index (χ1v) is 6.79. The molecule has 100 valence electrons. The molecule has 0 saturated heterocycles. The van der Waals surface area contributed by atoms with Gasteiger partial charge in [-0.3, -0.25) is 4.98 Å². The Morgan fingerprint density at radius 2 is 1.95 bits per heavy atom. The summed E-state index contributed by atoms with van der Waals surface area (Å²) in [6, 6.07) is 9.81. The number of benzene rings is 1. The lowest BCUT2D eigenvalue weighted by Crippen LogP contribution is -2.80. The Labute approximate surface area is 118 Å². The zero-order valence-corrected chi connectivity index (χ0v) is 11.7. The van der Waals surface area contributed by atoms with E-state index in [4.69, 9.17) is 16.3 Å². The average Bonchev–Trinajstić information content (AvgIpc) is 2.43. The molecule has 0 bridgehead atoms. The molecule has 1 aromatic heterocycles. The fourth-order valence-corrected chi connectivity index (χ4v) is 2.11. The Morgan fingerprint density at radius 3 is 2.68 bits per heavy atom. The first-order chi connectivity index (χ1) is 9.29. The number of ether oxygens (including phenoxy) is 1. The highest BCUT2D eigenvalue weighted by Gasteiger charge is 2.06. The Hall–Kier alpha value is -1.58. The van der Waals surface area contributed by atoms with E-state index in [0.717, 1.165) is 29.4 Å². The average molecular weight is 278 g/mol. The molecule has 0 aliphatic rings. The first kappa shape index (κ1) is 13.8. The maximum atomic E-state index is 6.04. The normalized spacial score (nSPS) is 10.4. The van der Waals surface area contributed by atoms with Gasteiger partial charge in [-0.05, 0) is 37.3 Å². The van der Waals surface area contributed by atoms with Crippen LogP contribution in [0.25, 0.3) is 0 Å². The highest BCUT2D eigenvalue weighted by Crippen LogP contribution is 2.22. The van der Waals surface area contributed by atoms with E-state index in [1.165, 1.54) is 5.56 Å². The van der Waals surface area contributed by atoms with Crippen molar-refractivity contribution in [2.24, 2.45) is 0 Å². The smallest absolute Gasteiger partial charge is 0.128 e. The summed E-state index contributed by atoms with van der Waals surface area (Å²) in [5, 5.41) is 2.97. The number of halogens is 1. The van der Waals surface area contributed by atoms with Crippen LogP contribution in [-0.2, 0) is 13.1 Å². The summed E-state index contributed by atoms with van der Waals surface area (Å²) in [6.45, 7) is 4.41. The molecule has 0 fully saturated rings. The van der Waals surface area contributed by atoms with E-state index in [9.17, 15) is 0 Å². The molecule has 3 nitrogen and oxygen atoms in total. The maximum absolute atomic E-state index is 6.04. The minimum atomic E-state index is 0.666. The van der Waals surface area contributed by atoms with Gasteiger partial charge in [-0.1, -0.05) is 11.6 Å². The maximum Gasteiger partial charge on any atom is 0.128 e. The molecule has 4 heteroatoms. The number of aromatic nitrogens is 1. The van der Waals surface area contributed by atoms with Crippen LogP contribution >= 0.6 is 11.6 Å². The van der Waals surface area contributed by atoms with Crippen LogP contribution in [0, 0.1) is 0 Å². The van der Waals surface area contributed by atoms with Crippen LogP contribution in [0.2, 0.25) is 5.02 Å². The van der Waals surface area contributed by atoms with E-state index in [0.29, 0.717) is 6.61 Å². The molecule has 2 aromatic rings. The van der Waals surface area contributed by atoms with E-state index < -0.39 is 0 Å². The summed E-state index contributed by atoms with van der Waals surface area (Å²) in [7, 11) is 0. The topological polar surface area (TPSA) is 38.7 Å². The molecule has 0 spiro atoms. The molecule has 0 unspecified atom stereocenters. The van der Waals surface area contributed by atoms with Crippen molar-refractivity contribution in [3.63, 3.8) is 0 Å². The van der Waals surface area contributed by atoms with Gasteiger partial charge in [0.25, 0.3) is 0 Å². The zero-order chi connectivity index (χ0) is 13.5. The molecule has 2 rings (SSSR count). The van der Waals surface area contributed by atoms with Gasteiger partial charge in [0.05, 0.1) is 6.61 Å². The van der Waals surface area contributed by atoms with Gasteiger partial charge < -0.3 is 10.1 Å². The molecule has 0 saturated carbocycles. The largest absolute Gasteiger partial charge is 0.493 e. The molecule has 0 aliphatic carbocycles. The number of hydrogen-bond acceptors (Lipinski definition) is 2. The van der Waals surface area contributed by atoms with Crippen LogP contribution in [0.4, 0.5) is 0 Å². The molecule has 1 aromatic carbocycles. The number of rotatable bonds is 6. The van der Waals surface area contributed by atoms with Gasteiger partial charge in [0.1, 0.15) is 18.8 Å². The molecule has 0 atom stereocenters. The second kappa shape index (κ2) is 7.12. The lowest BCUT2D eigenvalue weighted by Gasteiger charge is -2.09. The van der Waals surface area contributed by atoms with Crippen molar-refractivity contribution in [3.8, 4) is 5.75 Å². The van der Waals surface area contributed by atoms with E-state index in [-0.39, 0.29) is 0 Å². The summed E-state index contributed by atoms with van der Waals surface area (Å²) < 4.78 is 5.61. The predicted octanol–water partition coefficient (Wildman–Crippen LogP) is 2.40. The first-order valence-electron chi connectivity index (χ1n) is 6.41. The lowest BCUT2D eigenvalue weighted by molar-refractivity contribution is -0.686. The van der Waals surface area contributed by atoms with E-state index in [1.54, 1.807) is 0 Å². The van der Waals surface area contributed by atoms with Crippen molar-refractivity contribution in [2.45, 2.75) is 20.0 Å². The van der Waals surface area contributed by atoms with E-state index in [2.05, 4.69) is 10.3 Å². The molecule has 1 heterocycles. The summed E-state index contributed by atoms with van der Waals surface area (Å²) in [5.41, 5.74) is 2.39. The van der Waals surface area contributed by atoms with Crippen LogP contribution in [0.3, 0.4) is 0 Å². The van der Waals surface area contributed by atoms with Crippen molar-refractivity contribution < 1.29 is 10.1 Å². The van der Waals surface area contributed by atoms with Gasteiger partial charge >= 0.3 is 0 Å². The summed E-state index contributed by atoms with van der Waals surface area (Å²) >= 11 is 6.04. The molecule has 0 radical (unpaired) electrons. The molecule has 19 heavy (non-hydrogen) atoms. The SMILES string of the molecule is CCOc1ccc(Cl)cc1C[NH2+]Cc1ccncc1. The van der Waals surface area contributed by atoms with Crippen molar-refractivity contribution in [1.82, 2.24) is 4.98 Å². The van der Waals surface area contributed by atoms with Gasteiger partial charge in [-0.25, -0.2) is 0 Å². The Bertz CT molecular complexity index is 517. The second-order valence-corrected chi connectivity index (χ2v) is 4.67. The minimum absolute atomic E-state index is 0.666. The fraction of sp³-hybridized carbons (Fsp3) is 0.267. The fourth-order valence-electron chi connectivity index (χ4n) is 1.92. The van der Waals surface area contributed by atoms with Crippen LogP contribution in [0.15, 0.2) is 42.7 Å². The molecule has 0 amide bonds. The van der Waals surface area contributed by atoms with Crippen LogP contribution in [-0.4, -0.2) is 11.6 Å². The van der Waals surface area contributed by atoms with Gasteiger partial charge in [0.2, 0.25) is 0 Å². The molecule has 0 aliphatic heterocycles. The Balaban J connectivity index is 1.96. The summed E-state index contributed by atoms with van der Waals surface area (Å²) in [5.74, 6) is 0.915. The molecule has 2 N–H and O–H groups in total. The third-order valence-corrected chi connectivity index (χ3v) is 3.05. The highest BCUT2D eigenvalue weighted by atomic mass is 35.5. The minimum Gasteiger partial charge on any atom is -0.493 e. The lowest BCUT2D eigenvalue weighted by atomic mass is 10.2. The van der Waals surface area contributed by atoms with Gasteiger partial charge in [0, 0.05) is 28.5 Å². The third kappa shape index (κ3) is 4.23.